The summed E-state index contributed by atoms with van der Waals surface area (Å²) in [5.41, 5.74) is 8.03. The average Bonchev–Trinajstić information content (AvgIpc) is 2.23. The highest BCUT2D eigenvalue weighted by Gasteiger charge is 2.29. The molecule has 0 spiro atoms. The van der Waals surface area contributed by atoms with Gasteiger partial charge in [-0.15, -0.1) is 0 Å². The zero-order valence-corrected chi connectivity index (χ0v) is 9.61. The molecule has 0 saturated carbocycles. The van der Waals surface area contributed by atoms with Crippen LogP contribution < -0.4 is 10.2 Å². The molecule has 3 nitrogen and oxygen atoms in total. The van der Waals surface area contributed by atoms with Crippen molar-refractivity contribution in [1.29, 1.82) is 0 Å². The van der Waals surface area contributed by atoms with Crippen molar-refractivity contribution >= 4 is 11.4 Å². The number of benzene rings is 1. The largest absolute Gasteiger partial charge is 0.399 e. The van der Waals surface area contributed by atoms with Gasteiger partial charge in [0, 0.05) is 24.8 Å². The number of quaternary nitrogens is 1. The Balaban J connectivity index is 2.22. The van der Waals surface area contributed by atoms with Crippen molar-refractivity contribution in [2.75, 3.05) is 46.0 Å². The third kappa shape index (κ3) is 2.13. The maximum absolute atomic E-state index is 5.83. The van der Waals surface area contributed by atoms with E-state index >= 15 is 0 Å². The molecule has 0 aliphatic carbocycles. The van der Waals surface area contributed by atoms with E-state index in [1.165, 1.54) is 18.8 Å². The number of hydrogen-bond donors (Lipinski definition) is 1. The number of anilines is 1. The van der Waals surface area contributed by atoms with E-state index < -0.39 is 0 Å². The summed E-state index contributed by atoms with van der Waals surface area (Å²) < 4.78 is 1.01. The van der Waals surface area contributed by atoms with Crippen LogP contribution in [0.25, 0.3) is 0 Å². The first-order valence-electron chi connectivity index (χ1n) is 5.49. The summed E-state index contributed by atoms with van der Waals surface area (Å²) in [6.45, 7) is 4.65. The number of hydrogen-bond acceptors (Lipinski definition) is 2. The molecule has 0 radical (unpaired) electrons. The second-order valence-corrected chi connectivity index (χ2v) is 4.74. The number of nitrogens with zero attached hydrogens (tertiary/aromatic N) is 2. The van der Waals surface area contributed by atoms with E-state index in [0.29, 0.717) is 0 Å². The maximum atomic E-state index is 5.83. The van der Waals surface area contributed by atoms with Gasteiger partial charge in [0.15, 0.2) is 0 Å². The quantitative estimate of drug-likeness (QED) is 0.552. The van der Waals surface area contributed by atoms with E-state index in [1.807, 2.05) is 12.1 Å². The molecule has 3 heteroatoms. The Kier molecular flexibility index (Phi) is 2.67. The van der Waals surface area contributed by atoms with Crippen LogP contribution in [0, 0.1) is 0 Å². The van der Waals surface area contributed by atoms with Crippen molar-refractivity contribution in [3.8, 4) is 0 Å². The minimum Gasteiger partial charge on any atom is -0.399 e. The Bertz CT molecular complexity index is 340. The minimum absolute atomic E-state index is 0.866. The van der Waals surface area contributed by atoms with E-state index in [4.69, 9.17) is 5.73 Å². The predicted molar refractivity (Wildman–Crippen MR) is 65.8 cm³/mol. The number of nitrogens with two attached hydrogens (primary N) is 1. The monoisotopic (exact) mass is 206 g/mol. The van der Waals surface area contributed by atoms with Gasteiger partial charge in [0.05, 0.1) is 20.1 Å². The lowest BCUT2D eigenvalue weighted by Crippen LogP contribution is -2.57. The summed E-state index contributed by atoms with van der Waals surface area (Å²) in [5, 5.41) is 0. The van der Waals surface area contributed by atoms with Crippen LogP contribution in [0.1, 0.15) is 0 Å². The smallest absolute Gasteiger partial charge is 0.134 e. The summed E-state index contributed by atoms with van der Waals surface area (Å²) in [4.78, 5) is 2.38. The lowest BCUT2D eigenvalue weighted by atomic mass is 10.2. The molecule has 1 aromatic rings. The van der Waals surface area contributed by atoms with E-state index in [0.717, 1.165) is 23.3 Å². The number of nitrogen functional groups attached to an aromatic ring is 1. The second kappa shape index (κ2) is 3.83. The van der Waals surface area contributed by atoms with Crippen LogP contribution in [-0.2, 0) is 0 Å². The van der Waals surface area contributed by atoms with Gasteiger partial charge in [-0.3, -0.25) is 9.38 Å². The molecule has 2 N–H and O–H groups in total. The van der Waals surface area contributed by atoms with Crippen molar-refractivity contribution < 1.29 is 0 Å². The van der Waals surface area contributed by atoms with E-state index in [2.05, 4.69) is 31.1 Å². The lowest BCUT2D eigenvalue weighted by Gasteiger charge is -2.40. The summed E-state index contributed by atoms with van der Waals surface area (Å²) in [5.74, 6) is 0. The van der Waals surface area contributed by atoms with Crippen LogP contribution in [-0.4, -0.2) is 45.2 Å². The SMILES string of the molecule is CN1CC[N+](C)(c2cccc(N)c2)CC1. The van der Waals surface area contributed by atoms with Gasteiger partial charge < -0.3 is 5.73 Å². The Labute approximate surface area is 91.7 Å². The molecule has 0 unspecified atom stereocenters. The first-order valence-corrected chi connectivity index (χ1v) is 5.49. The van der Waals surface area contributed by atoms with Crippen molar-refractivity contribution in [2.45, 2.75) is 0 Å². The number of likely N-dealkylation sites (N-methyl/N-ethyl adjacent to an activating group) is 2. The highest BCUT2D eigenvalue weighted by atomic mass is 15.4. The summed E-state index contributed by atoms with van der Waals surface area (Å²) >= 11 is 0. The zero-order valence-electron chi connectivity index (χ0n) is 9.61. The van der Waals surface area contributed by atoms with Crippen LogP contribution in [0.4, 0.5) is 11.4 Å². The Morgan fingerprint density at radius 2 is 1.93 bits per heavy atom. The first-order chi connectivity index (χ1) is 7.10. The van der Waals surface area contributed by atoms with E-state index in [1.54, 1.807) is 0 Å². The second-order valence-electron chi connectivity index (χ2n) is 4.74. The molecule has 0 aromatic heterocycles. The van der Waals surface area contributed by atoms with Crippen LogP contribution in [0.2, 0.25) is 0 Å². The third-order valence-corrected chi connectivity index (χ3v) is 3.44. The number of rotatable bonds is 1. The van der Waals surface area contributed by atoms with E-state index in [-0.39, 0.29) is 0 Å². The Morgan fingerprint density at radius 1 is 1.27 bits per heavy atom. The van der Waals surface area contributed by atoms with Gasteiger partial charge in [-0.2, -0.15) is 0 Å². The van der Waals surface area contributed by atoms with Gasteiger partial charge in [-0.25, -0.2) is 0 Å². The molecule has 15 heavy (non-hydrogen) atoms. The molecular weight excluding hydrogens is 186 g/mol. The van der Waals surface area contributed by atoms with Crippen LogP contribution >= 0.6 is 0 Å². The third-order valence-electron chi connectivity index (χ3n) is 3.44. The number of piperazine rings is 1. The van der Waals surface area contributed by atoms with E-state index in [9.17, 15) is 0 Å². The van der Waals surface area contributed by atoms with Crippen molar-refractivity contribution in [3.63, 3.8) is 0 Å². The van der Waals surface area contributed by atoms with Crippen LogP contribution in [0.15, 0.2) is 24.3 Å². The topological polar surface area (TPSA) is 29.3 Å². The normalized spacial score (nSPS) is 21.5. The fraction of sp³-hybridized carbons (Fsp3) is 0.500. The molecule has 1 aliphatic rings. The van der Waals surface area contributed by atoms with Crippen molar-refractivity contribution in [3.05, 3.63) is 24.3 Å². The standard InChI is InChI=1S/C12H20N3/c1-14-6-8-15(2,9-7-14)12-5-3-4-11(13)10-12/h3-5,10H,6-9,13H2,1-2H3/q+1. The molecule has 1 aromatic carbocycles. The van der Waals surface area contributed by atoms with Crippen molar-refractivity contribution in [1.82, 2.24) is 9.38 Å². The fourth-order valence-corrected chi connectivity index (χ4v) is 2.13. The Hall–Kier alpha value is -1.06. The molecule has 1 heterocycles. The van der Waals surface area contributed by atoms with Gasteiger partial charge in [0.2, 0.25) is 0 Å². The first kappa shape index (κ1) is 10.5. The fourth-order valence-electron chi connectivity index (χ4n) is 2.13. The highest BCUT2D eigenvalue weighted by Crippen LogP contribution is 2.24. The molecule has 0 amide bonds. The minimum atomic E-state index is 0.866. The molecule has 1 fully saturated rings. The van der Waals surface area contributed by atoms with Crippen LogP contribution in [0.5, 0.6) is 0 Å². The molecule has 0 bridgehead atoms. The summed E-state index contributed by atoms with van der Waals surface area (Å²) in [6.07, 6.45) is 0. The van der Waals surface area contributed by atoms with Crippen LogP contribution in [0.3, 0.4) is 0 Å². The predicted octanol–water partition coefficient (Wildman–Crippen LogP) is 1.15. The van der Waals surface area contributed by atoms with Gasteiger partial charge >= 0.3 is 0 Å². The lowest BCUT2D eigenvalue weighted by molar-refractivity contribution is 0.182. The summed E-state index contributed by atoms with van der Waals surface area (Å²) in [7, 11) is 4.48. The molecule has 0 atom stereocenters. The molecule has 1 saturated heterocycles. The van der Waals surface area contributed by atoms with Gasteiger partial charge in [-0.05, 0) is 19.2 Å². The Morgan fingerprint density at radius 3 is 2.53 bits per heavy atom. The molecule has 2 rings (SSSR count). The van der Waals surface area contributed by atoms with Gasteiger partial charge in [0.25, 0.3) is 0 Å². The average molecular weight is 206 g/mol. The van der Waals surface area contributed by atoms with Crippen molar-refractivity contribution in [2.24, 2.45) is 0 Å². The molecular formula is C12H20N3+. The van der Waals surface area contributed by atoms with Gasteiger partial charge in [0.1, 0.15) is 5.69 Å². The molecule has 82 valence electrons. The maximum Gasteiger partial charge on any atom is 0.134 e. The van der Waals surface area contributed by atoms with Gasteiger partial charge in [-0.1, -0.05) is 6.07 Å². The summed E-state index contributed by atoms with van der Waals surface area (Å²) in [6, 6.07) is 8.28. The highest BCUT2D eigenvalue weighted by molar-refractivity contribution is 5.53. The zero-order chi connectivity index (χ0) is 10.9. The molecule has 1 aliphatic heterocycles.